The standard InChI is InChI=1S/C27H36N2O5/c1-4-5-8-13-28-24(30)20-16-33-25(29-20)23-19(21-11-12-22(23)34-21)14-17-9-6-7-10-18(17)15-27(2,3)26(31)32/h6-7,9-10,16,19,21-23H,4-5,8,11-15H2,1-3H3,(H,28,30)(H,31,32)/t19-,21-,22+,23-/m1/s1. The summed E-state index contributed by atoms with van der Waals surface area (Å²) < 4.78 is 12.1. The van der Waals surface area contributed by atoms with Gasteiger partial charge in [-0.05, 0) is 57.1 Å². The number of hydrogen-bond acceptors (Lipinski definition) is 5. The van der Waals surface area contributed by atoms with Crippen molar-refractivity contribution in [2.24, 2.45) is 11.3 Å². The number of carboxylic acid groups (broad SMARTS) is 1. The monoisotopic (exact) mass is 468 g/mol. The maximum atomic E-state index is 12.5. The SMILES string of the molecule is CCCCCNC(=O)c1coc([C@@H]2[C@H](Cc3ccccc3CC(C)(C)C(=O)O)[C@H]3CC[C@@H]2O3)n1. The van der Waals surface area contributed by atoms with Crippen LogP contribution in [0.2, 0.25) is 0 Å². The molecule has 1 aromatic carbocycles. The Labute approximate surface area is 201 Å². The number of carboxylic acids is 1. The molecule has 0 radical (unpaired) electrons. The van der Waals surface area contributed by atoms with Crippen LogP contribution in [0.15, 0.2) is 34.9 Å². The number of benzene rings is 1. The van der Waals surface area contributed by atoms with Gasteiger partial charge in [0.2, 0.25) is 5.89 Å². The fourth-order valence-electron chi connectivity index (χ4n) is 5.32. The van der Waals surface area contributed by atoms with Gasteiger partial charge in [0.1, 0.15) is 6.26 Å². The molecule has 2 fully saturated rings. The number of ether oxygens (including phenoxy) is 1. The maximum absolute atomic E-state index is 12.5. The van der Waals surface area contributed by atoms with Gasteiger partial charge in [-0.2, -0.15) is 0 Å². The first-order valence-electron chi connectivity index (χ1n) is 12.5. The van der Waals surface area contributed by atoms with Gasteiger partial charge in [-0.3, -0.25) is 9.59 Å². The van der Waals surface area contributed by atoms with E-state index in [9.17, 15) is 14.7 Å². The van der Waals surface area contributed by atoms with Gasteiger partial charge >= 0.3 is 5.97 Å². The Kier molecular flexibility index (Phi) is 7.41. The van der Waals surface area contributed by atoms with Crippen molar-refractivity contribution in [1.82, 2.24) is 10.3 Å². The van der Waals surface area contributed by atoms with Crippen LogP contribution in [0.4, 0.5) is 0 Å². The lowest BCUT2D eigenvalue weighted by molar-refractivity contribution is -0.146. The zero-order valence-corrected chi connectivity index (χ0v) is 20.4. The van der Waals surface area contributed by atoms with Crippen molar-refractivity contribution in [2.75, 3.05) is 6.54 Å². The Hall–Kier alpha value is -2.67. The third-order valence-corrected chi connectivity index (χ3v) is 7.32. The highest BCUT2D eigenvalue weighted by Crippen LogP contribution is 2.50. The minimum atomic E-state index is -0.845. The molecule has 1 aromatic heterocycles. The molecule has 2 N–H and O–H groups in total. The van der Waals surface area contributed by atoms with E-state index in [-0.39, 0.29) is 30.0 Å². The summed E-state index contributed by atoms with van der Waals surface area (Å²) in [6.45, 7) is 6.29. The lowest BCUT2D eigenvalue weighted by Crippen LogP contribution is -2.29. The van der Waals surface area contributed by atoms with Crippen LogP contribution in [0.5, 0.6) is 0 Å². The van der Waals surface area contributed by atoms with Crippen LogP contribution in [-0.2, 0) is 22.4 Å². The quantitative estimate of drug-likeness (QED) is 0.462. The summed E-state index contributed by atoms with van der Waals surface area (Å²) in [5.41, 5.74) is 1.67. The number of hydrogen-bond donors (Lipinski definition) is 2. The molecular weight excluding hydrogens is 432 g/mol. The molecule has 4 rings (SSSR count). The summed E-state index contributed by atoms with van der Waals surface area (Å²) in [4.78, 5) is 28.8. The van der Waals surface area contributed by atoms with Gasteiger partial charge in [-0.25, -0.2) is 4.98 Å². The summed E-state index contributed by atoms with van der Waals surface area (Å²) in [5, 5.41) is 12.5. The molecule has 2 aliphatic rings. The normalized spacial score (nSPS) is 23.9. The van der Waals surface area contributed by atoms with Crippen LogP contribution in [-0.4, -0.2) is 40.7 Å². The van der Waals surface area contributed by atoms with E-state index in [1.54, 1.807) is 13.8 Å². The van der Waals surface area contributed by atoms with E-state index >= 15 is 0 Å². The fourth-order valence-corrected chi connectivity index (χ4v) is 5.32. The molecule has 3 heterocycles. The number of fused-ring (bicyclic) bond motifs is 2. The van der Waals surface area contributed by atoms with Crippen molar-refractivity contribution >= 4 is 11.9 Å². The van der Waals surface area contributed by atoms with Crippen LogP contribution in [0, 0.1) is 11.3 Å². The number of carbonyl (C=O) groups excluding carboxylic acids is 1. The number of aliphatic carboxylic acids is 1. The molecule has 184 valence electrons. The fraction of sp³-hybridized carbons (Fsp3) is 0.593. The van der Waals surface area contributed by atoms with E-state index in [0.29, 0.717) is 24.6 Å². The zero-order valence-electron chi connectivity index (χ0n) is 20.4. The maximum Gasteiger partial charge on any atom is 0.309 e. The first-order valence-corrected chi connectivity index (χ1v) is 12.5. The molecule has 2 aliphatic heterocycles. The van der Waals surface area contributed by atoms with Crippen molar-refractivity contribution in [1.29, 1.82) is 0 Å². The number of amides is 1. The highest BCUT2D eigenvalue weighted by Gasteiger charge is 2.51. The Bertz CT molecular complexity index is 1010. The van der Waals surface area contributed by atoms with Gasteiger partial charge in [-0.1, -0.05) is 44.0 Å². The summed E-state index contributed by atoms with van der Waals surface area (Å²) in [5.74, 6) is -0.274. The molecule has 7 heteroatoms. The molecule has 0 spiro atoms. The Morgan fingerprint density at radius 3 is 2.62 bits per heavy atom. The molecule has 0 unspecified atom stereocenters. The average molecular weight is 469 g/mol. The molecule has 2 bridgehead atoms. The van der Waals surface area contributed by atoms with Gasteiger partial charge in [0, 0.05) is 12.5 Å². The predicted octanol–water partition coefficient (Wildman–Crippen LogP) is 4.75. The number of nitrogens with zero attached hydrogens (tertiary/aromatic N) is 1. The molecule has 1 amide bonds. The van der Waals surface area contributed by atoms with E-state index in [2.05, 4.69) is 23.3 Å². The Morgan fingerprint density at radius 2 is 1.88 bits per heavy atom. The third-order valence-electron chi connectivity index (χ3n) is 7.32. The molecule has 0 aliphatic carbocycles. The smallest absolute Gasteiger partial charge is 0.309 e. The van der Waals surface area contributed by atoms with E-state index in [4.69, 9.17) is 9.15 Å². The van der Waals surface area contributed by atoms with Crippen LogP contribution in [0.3, 0.4) is 0 Å². The van der Waals surface area contributed by atoms with Crippen molar-refractivity contribution in [3.63, 3.8) is 0 Å². The van der Waals surface area contributed by atoms with Crippen LogP contribution < -0.4 is 5.32 Å². The largest absolute Gasteiger partial charge is 0.481 e. The van der Waals surface area contributed by atoms with E-state index in [0.717, 1.165) is 49.7 Å². The summed E-state index contributed by atoms with van der Waals surface area (Å²) >= 11 is 0. The van der Waals surface area contributed by atoms with E-state index in [1.807, 2.05) is 18.2 Å². The molecule has 4 atom stereocenters. The Balaban J connectivity index is 1.50. The van der Waals surface area contributed by atoms with Crippen molar-refractivity contribution in [3.8, 4) is 0 Å². The second-order valence-electron chi connectivity index (χ2n) is 10.4. The van der Waals surface area contributed by atoms with Gasteiger partial charge in [0.05, 0.1) is 23.5 Å². The summed E-state index contributed by atoms with van der Waals surface area (Å²) in [7, 11) is 0. The van der Waals surface area contributed by atoms with E-state index < -0.39 is 11.4 Å². The van der Waals surface area contributed by atoms with Gasteiger partial charge in [0.25, 0.3) is 5.91 Å². The van der Waals surface area contributed by atoms with Gasteiger partial charge in [0.15, 0.2) is 5.69 Å². The minimum Gasteiger partial charge on any atom is -0.481 e. The summed E-state index contributed by atoms with van der Waals surface area (Å²) in [6.07, 6.45) is 7.94. The second-order valence-corrected chi connectivity index (χ2v) is 10.4. The molecule has 7 nitrogen and oxygen atoms in total. The molecule has 2 aromatic rings. The van der Waals surface area contributed by atoms with Crippen LogP contribution in [0.1, 0.15) is 86.3 Å². The number of unbranched alkanes of at least 4 members (excludes halogenated alkanes) is 2. The lowest BCUT2D eigenvalue weighted by atomic mass is 9.74. The number of nitrogens with one attached hydrogen (secondary N) is 1. The van der Waals surface area contributed by atoms with Gasteiger partial charge < -0.3 is 19.6 Å². The molecular formula is C27H36N2O5. The van der Waals surface area contributed by atoms with Gasteiger partial charge in [-0.15, -0.1) is 0 Å². The van der Waals surface area contributed by atoms with Crippen molar-refractivity contribution in [2.45, 2.75) is 83.8 Å². The summed E-state index contributed by atoms with van der Waals surface area (Å²) in [6, 6.07) is 8.07. The number of carbonyl (C=O) groups is 2. The molecule has 0 saturated carbocycles. The minimum absolute atomic E-state index is 0.0130. The predicted molar refractivity (Wildman–Crippen MR) is 128 cm³/mol. The highest BCUT2D eigenvalue weighted by atomic mass is 16.5. The topological polar surface area (TPSA) is 102 Å². The first-order chi connectivity index (χ1) is 16.3. The number of rotatable bonds is 11. The Morgan fingerprint density at radius 1 is 1.15 bits per heavy atom. The molecule has 2 saturated heterocycles. The van der Waals surface area contributed by atoms with Crippen molar-refractivity contribution < 1.29 is 23.8 Å². The highest BCUT2D eigenvalue weighted by molar-refractivity contribution is 5.91. The van der Waals surface area contributed by atoms with Crippen LogP contribution in [0.25, 0.3) is 0 Å². The number of oxazole rings is 1. The molecule has 34 heavy (non-hydrogen) atoms. The number of aromatic nitrogens is 1. The lowest BCUT2D eigenvalue weighted by Gasteiger charge is -2.27. The van der Waals surface area contributed by atoms with Crippen LogP contribution >= 0.6 is 0 Å². The van der Waals surface area contributed by atoms with E-state index in [1.165, 1.54) is 6.26 Å². The second kappa shape index (κ2) is 10.3. The average Bonchev–Trinajstić information content (AvgIpc) is 3.54. The third kappa shape index (κ3) is 5.19. The first kappa shape index (κ1) is 24.5. The van der Waals surface area contributed by atoms with Crippen molar-refractivity contribution in [3.05, 3.63) is 53.2 Å². The zero-order chi connectivity index (χ0) is 24.3.